The van der Waals surface area contributed by atoms with E-state index in [9.17, 15) is 9.59 Å². The zero-order valence-corrected chi connectivity index (χ0v) is 21.2. The number of halogens is 1. The molecule has 2 aliphatic rings. The van der Waals surface area contributed by atoms with E-state index in [1.807, 2.05) is 18.7 Å². The molecule has 1 atom stereocenters. The molecule has 9 heteroatoms. The zero-order valence-electron chi connectivity index (χ0n) is 18.9. The van der Waals surface area contributed by atoms with Crippen LogP contribution in [0.15, 0.2) is 4.99 Å². The second-order valence-corrected chi connectivity index (χ2v) is 8.55. The number of nitrogens with two attached hydrogens (primary N) is 1. The number of nitrogens with zero attached hydrogens (tertiary/aromatic N) is 3. The van der Waals surface area contributed by atoms with Crippen molar-refractivity contribution in [3.63, 3.8) is 0 Å². The Bertz CT molecular complexity index is 564. The minimum atomic E-state index is -0.151. The number of aliphatic imine (C=N–C) groups is 1. The lowest BCUT2D eigenvalue weighted by Crippen LogP contribution is -2.45. The Balaban J connectivity index is 0.00000450. The quantitative estimate of drug-likeness (QED) is 0.179. The fourth-order valence-corrected chi connectivity index (χ4v) is 4.04. The number of amides is 2. The monoisotopic (exact) mass is 536 g/mol. The molecule has 0 radical (unpaired) electrons. The molecule has 4 N–H and O–H groups in total. The molecule has 8 nitrogen and oxygen atoms in total. The summed E-state index contributed by atoms with van der Waals surface area (Å²) in [7, 11) is 0. The van der Waals surface area contributed by atoms with Crippen LogP contribution in [0.3, 0.4) is 0 Å². The van der Waals surface area contributed by atoms with E-state index < -0.39 is 0 Å². The molecular formula is C21H41IN6O2. The molecule has 1 unspecified atom stereocenters. The van der Waals surface area contributed by atoms with Gasteiger partial charge in [-0.2, -0.15) is 0 Å². The summed E-state index contributed by atoms with van der Waals surface area (Å²) in [6, 6.07) is 0.266. The summed E-state index contributed by atoms with van der Waals surface area (Å²) in [4.78, 5) is 32.5. The standard InChI is InChI=1S/C21H40N6O2.HI/c1-4-23-21(25-18-9-14-27(15-18)20(29)16(2)3)24-10-5-6-11-26-12-7-17(8-13-26)19(22)28;/h16-18H,4-15H2,1-3H3,(H2,22,28)(H2,23,24,25);1H. The van der Waals surface area contributed by atoms with E-state index in [-0.39, 0.29) is 53.7 Å². The molecule has 2 heterocycles. The molecule has 174 valence electrons. The van der Waals surface area contributed by atoms with Gasteiger partial charge in [0, 0.05) is 44.1 Å². The first-order valence-electron chi connectivity index (χ1n) is 11.3. The Kier molecular flexibility index (Phi) is 12.6. The van der Waals surface area contributed by atoms with Crippen molar-refractivity contribution < 1.29 is 9.59 Å². The van der Waals surface area contributed by atoms with Crippen LogP contribution in [0, 0.1) is 11.8 Å². The normalized spacial score (nSPS) is 20.9. The molecule has 0 aromatic heterocycles. The Labute approximate surface area is 198 Å². The van der Waals surface area contributed by atoms with Gasteiger partial charge in [0.2, 0.25) is 11.8 Å². The Morgan fingerprint density at radius 3 is 2.43 bits per heavy atom. The molecule has 2 rings (SSSR count). The maximum Gasteiger partial charge on any atom is 0.225 e. The van der Waals surface area contributed by atoms with Crippen molar-refractivity contribution in [3.05, 3.63) is 0 Å². The van der Waals surface area contributed by atoms with Crippen molar-refractivity contribution in [1.82, 2.24) is 20.4 Å². The molecule has 2 fully saturated rings. The molecular weight excluding hydrogens is 495 g/mol. The smallest absolute Gasteiger partial charge is 0.225 e. The van der Waals surface area contributed by atoms with Gasteiger partial charge in [0.05, 0.1) is 0 Å². The Hall–Kier alpha value is -1.10. The summed E-state index contributed by atoms with van der Waals surface area (Å²) < 4.78 is 0. The third-order valence-corrected chi connectivity index (χ3v) is 5.82. The van der Waals surface area contributed by atoms with Gasteiger partial charge in [-0.15, -0.1) is 24.0 Å². The highest BCUT2D eigenvalue weighted by molar-refractivity contribution is 14.0. The van der Waals surface area contributed by atoms with Crippen LogP contribution in [-0.4, -0.2) is 79.4 Å². The Morgan fingerprint density at radius 1 is 1.13 bits per heavy atom. The van der Waals surface area contributed by atoms with Gasteiger partial charge in [0.15, 0.2) is 5.96 Å². The Morgan fingerprint density at radius 2 is 1.83 bits per heavy atom. The summed E-state index contributed by atoms with van der Waals surface area (Å²) in [5, 5.41) is 6.80. The number of primary amides is 1. The lowest BCUT2D eigenvalue weighted by atomic mass is 9.96. The summed E-state index contributed by atoms with van der Waals surface area (Å²) in [5.41, 5.74) is 5.40. The third-order valence-electron chi connectivity index (χ3n) is 5.82. The van der Waals surface area contributed by atoms with Crippen LogP contribution in [0.5, 0.6) is 0 Å². The van der Waals surface area contributed by atoms with Gasteiger partial charge in [0.25, 0.3) is 0 Å². The van der Waals surface area contributed by atoms with Crippen molar-refractivity contribution in [3.8, 4) is 0 Å². The van der Waals surface area contributed by atoms with Gasteiger partial charge in [-0.25, -0.2) is 0 Å². The zero-order chi connectivity index (χ0) is 21.2. The second kappa shape index (κ2) is 14.1. The first kappa shape index (κ1) is 26.9. The van der Waals surface area contributed by atoms with Gasteiger partial charge >= 0.3 is 0 Å². The molecule has 0 aromatic rings. The molecule has 0 spiro atoms. The van der Waals surface area contributed by atoms with Crippen molar-refractivity contribution in [2.75, 3.05) is 45.8 Å². The highest BCUT2D eigenvalue weighted by Crippen LogP contribution is 2.17. The fraction of sp³-hybridized carbons (Fsp3) is 0.857. The average Bonchev–Trinajstić information content (AvgIpc) is 3.15. The number of likely N-dealkylation sites (tertiary alicyclic amines) is 2. The molecule has 2 saturated heterocycles. The molecule has 0 aliphatic carbocycles. The second-order valence-electron chi connectivity index (χ2n) is 8.55. The first-order chi connectivity index (χ1) is 13.9. The van der Waals surface area contributed by atoms with Crippen molar-refractivity contribution in [1.29, 1.82) is 0 Å². The lowest BCUT2D eigenvalue weighted by molar-refractivity contribution is -0.133. The number of carbonyl (C=O) groups is 2. The van der Waals surface area contributed by atoms with Crippen molar-refractivity contribution in [2.24, 2.45) is 22.6 Å². The van der Waals surface area contributed by atoms with Gasteiger partial charge in [-0.1, -0.05) is 13.8 Å². The maximum absolute atomic E-state index is 12.2. The van der Waals surface area contributed by atoms with E-state index in [1.54, 1.807) is 0 Å². The van der Waals surface area contributed by atoms with E-state index in [4.69, 9.17) is 10.7 Å². The summed E-state index contributed by atoms with van der Waals surface area (Å²) in [5.74, 6) is 1.04. The van der Waals surface area contributed by atoms with Crippen molar-refractivity contribution >= 4 is 41.8 Å². The van der Waals surface area contributed by atoms with Crippen LogP contribution < -0.4 is 16.4 Å². The number of hydrogen-bond acceptors (Lipinski definition) is 4. The minimum Gasteiger partial charge on any atom is -0.369 e. The highest BCUT2D eigenvalue weighted by Gasteiger charge is 2.28. The van der Waals surface area contributed by atoms with Crippen LogP contribution in [0.1, 0.15) is 52.9 Å². The van der Waals surface area contributed by atoms with Gasteiger partial charge in [0.1, 0.15) is 0 Å². The highest BCUT2D eigenvalue weighted by atomic mass is 127. The maximum atomic E-state index is 12.2. The van der Waals surface area contributed by atoms with Gasteiger partial charge < -0.3 is 26.2 Å². The predicted octanol–water partition coefficient (Wildman–Crippen LogP) is 1.39. The fourth-order valence-electron chi connectivity index (χ4n) is 4.04. The number of piperidine rings is 1. The minimum absolute atomic E-state index is 0. The van der Waals surface area contributed by atoms with Gasteiger partial charge in [-0.3, -0.25) is 14.6 Å². The SMILES string of the molecule is CCNC(=NCCCCN1CCC(C(N)=O)CC1)NC1CCN(C(=O)C(C)C)C1.I. The number of nitrogens with one attached hydrogen (secondary N) is 2. The predicted molar refractivity (Wildman–Crippen MR) is 132 cm³/mol. The van der Waals surface area contributed by atoms with Crippen LogP contribution in [0.25, 0.3) is 0 Å². The molecule has 30 heavy (non-hydrogen) atoms. The number of carbonyl (C=O) groups excluding carboxylic acids is 2. The topological polar surface area (TPSA) is 103 Å². The number of unbranched alkanes of at least 4 members (excludes halogenated alkanes) is 1. The molecule has 2 aliphatic heterocycles. The van der Waals surface area contributed by atoms with Crippen LogP contribution in [-0.2, 0) is 9.59 Å². The number of rotatable bonds is 9. The van der Waals surface area contributed by atoms with Crippen molar-refractivity contribution in [2.45, 2.75) is 58.9 Å². The average molecular weight is 537 g/mol. The molecule has 0 saturated carbocycles. The van der Waals surface area contributed by atoms with Gasteiger partial charge in [-0.05, 0) is 58.7 Å². The van der Waals surface area contributed by atoms with Crippen LogP contribution >= 0.6 is 24.0 Å². The molecule has 2 amide bonds. The van der Waals surface area contributed by atoms with Crippen LogP contribution in [0.2, 0.25) is 0 Å². The molecule has 0 aromatic carbocycles. The number of hydrogen-bond donors (Lipinski definition) is 3. The summed E-state index contributed by atoms with van der Waals surface area (Å²) in [6.07, 6.45) is 4.88. The summed E-state index contributed by atoms with van der Waals surface area (Å²) in [6.45, 7) is 12.1. The van der Waals surface area contributed by atoms with E-state index >= 15 is 0 Å². The third kappa shape index (κ3) is 8.95. The first-order valence-corrected chi connectivity index (χ1v) is 11.3. The largest absolute Gasteiger partial charge is 0.369 e. The van der Waals surface area contributed by atoms with E-state index in [2.05, 4.69) is 22.5 Å². The number of guanidine groups is 1. The molecule has 0 bridgehead atoms. The summed E-state index contributed by atoms with van der Waals surface area (Å²) >= 11 is 0. The van der Waals surface area contributed by atoms with E-state index in [0.29, 0.717) is 0 Å². The van der Waals surface area contributed by atoms with E-state index in [1.165, 1.54) is 0 Å². The lowest BCUT2D eigenvalue weighted by Gasteiger charge is -2.30. The van der Waals surface area contributed by atoms with E-state index in [0.717, 1.165) is 83.9 Å². The van der Waals surface area contributed by atoms with Crippen LogP contribution in [0.4, 0.5) is 0 Å².